The lowest BCUT2D eigenvalue weighted by atomic mass is 9.78. The van der Waals surface area contributed by atoms with E-state index in [4.69, 9.17) is 9.47 Å². The van der Waals surface area contributed by atoms with Crippen molar-refractivity contribution in [2.45, 2.75) is 12.8 Å². The maximum absolute atomic E-state index is 12.1. The number of esters is 2. The average Bonchev–Trinajstić information content (AvgIpc) is 2.47. The van der Waals surface area contributed by atoms with Crippen molar-refractivity contribution in [3.63, 3.8) is 0 Å². The number of carbonyl (C=O) groups excluding carboxylic acids is 2. The fraction of sp³-hybridized carbons (Fsp3) is 0.333. The van der Waals surface area contributed by atoms with Crippen LogP contribution in [0, 0.1) is 5.41 Å². The number of rotatable bonds is 6. The summed E-state index contributed by atoms with van der Waals surface area (Å²) < 4.78 is 10.5. The molecule has 0 radical (unpaired) electrons. The summed E-state index contributed by atoms with van der Waals surface area (Å²) in [7, 11) is 2.51. The van der Waals surface area contributed by atoms with E-state index in [9.17, 15) is 9.59 Å². The van der Waals surface area contributed by atoms with Gasteiger partial charge >= 0.3 is 11.9 Å². The maximum Gasteiger partial charge on any atom is 0.323 e. The summed E-state index contributed by atoms with van der Waals surface area (Å²) in [6.07, 6.45) is 1.88. The third kappa shape index (κ3) is 3.48. The molecule has 0 atom stereocenters. The number of hydrogen-bond donors (Lipinski definition) is 0. The molecule has 0 unspecified atom stereocenters. The lowest BCUT2D eigenvalue weighted by Gasteiger charge is -2.27. The highest BCUT2D eigenvalue weighted by Crippen LogP contribution is 2.31. The Morgan fingerprint density at radius 3 is 2.10 bits per heavy atom. The molecule has 0 fully saturated rings. The van der Waals surface area contributed by atoms with Crippen LogP contribution in [0.15, 0.2) is 41.4 Å². The summed E-state index contributed by atoms with van der Waals surface area (Å²) in [4.78, 5) is 24.2. The molecular formula is C15H17BrO4. The van der Waals surface area contributed by atoms with E-state index >= 15 is 0 Å². The molecule has 0 aliphatic heterocycles. The number of methoxy groups -OCH3 is 2. The highest BCUT2D eigenvalue weighted by atomic mass is 79.9. The zero-order valence-corrected chi connectivity index (χ0v) is 13.1. The minimum atomic E-state index is -1.39. The van der Waals surface area contributed by atoms with Crippen LogP contribution in [-0.4, -0.2) is 26.2 Å². The van der Waals surface area contributed by atoms with Crippen molar-refractivity contribution in [1.29, 1.82) is 0 Å². The van der Waals surface area contributed by atoms with Crippen LogP contribution in [0.5, 0.6) is 0 Å². The second-order valence-electron chi connectivity index (χ2n) is 4.36. The Morgan fingerprint density at radius 2 is 1.70 bits per heavy atom. The molecule has 20 heavy (non-hydrogen) atoms. The van der Waals surface area contributed by atoms with E-state index in [2.05, 4.69) is 22.5 Å². The van der Waals surface area contributed by atoms with Gasteiger partial charge in [-0.1, -0.05) is 34.1 Å². The molecule has 0 saturated carbocycles. The molecule has 0 aromatic heterocycles. The largest absolute Gasteiger partial charge is 0.468 e. The molecule has 0 spiro atoms. The molecule has 1 aromatic carbocycles. The first-order valence-corrected chi connectivity index (χ1v) is 6.81. The molecule has 0 bridgehead atoms. The summed E-state index contributed by atoms with van der Waals surface area (Å²) >= 11 is 3.34. The van der Waals surface area contributed by atoms with Crippen LogP contribution in [0.3, 0.4) is 0 Å². The third-order valence-corrected chi connectivity index (χ3v) is 3.59. The van der Waals surface area contributed by atoms with Crippen molar-refractivity contribution in [3.05, 3.63) is 47.0 Å². The fourth-order valence-corrected chi connectivity index (χ4v) is 2.32. The first-order valence-electron chi connectivity index (χ1n) is 6.02. The average molecular weight is 341 g/mol. The van der Waals surface area contributed by atoms with Gasteiger partial charge in [0.1, 0.15) is 0 Å². The van der Waals surface area contributed by atoms with Gasteiger partial charge in [0.2, 0.25) is 0 Å². The van der Waals surface area contributed by atoms with Gasteiger partial charge in [0, 0.05) is 4.47 Å². The molecule has 1 rings (SSSR count). The van der Waals surface area contributed by atoms with Gasteiger partial charge in [-0.05, 0) is 30.5 Å². The van der Waals surface area contributed by atoms with Crippen molar-refractivity contribution >= 4 is 27.9 Å². The summed E-state index contributed by atoms with van der Waals surface area (Å²) in [5, 5.41) is 0. The topological polar surface area (TPSA) is 52.6 Å². The van der Waals surface area contributed by atoms with Crippen molar-refractivity contribution in [2.24, 2.45) is 5.41 Å². The molecule has 0 saturated heterocycles. The van der Waals surface area contributed by atoms with E-state index in [1.807, 2.05) is 24.3 Å². The SMILES string of the molecule is C=CCC(Cc1ccc(Br)cc1)(C(=O)OC)C(=O)OC. The van der Waals surface area contributed by atoms with Gasteiger partial charge in [-0.25, -0.2) is 0 Å². The monoisotopic (exact) mass is 340 g/mol. The Morgan fingerprint density at radius 1 is 1.20 bits per heavy atom. The first-order chi connectivity index (χ1) is 9.50. The lowest BCUT2D eigenvalue weighted by Crippen LogP contribution is -2.42. The molecule has 0 amide bonds. The van der Waals surface area contributed by atoms with E-state index in [1.165, 1.54) is 20.3 Å². The van der Waals surface area contributed by atoms with Crippen LogP contribution in [0.1, 0.15) is 12.0 Å². The minimum Gasteiger partial charge on any atom is -0.468 e. The normalized spacial score (nSPS) is 10.8. The summed E-state index contributed by atoms with van der Waals surface area (Å²) in [6.45, 7) is 3.61. The second-order valence-corrected chi connectivity index (χ2v) is 5.28. The Balaban J connectivity index is 3.20. The van der Waals surface area contributed by atoms with Gasteiger partial charge in [-0.2, -0.15) is 0 Å². The van der Waals surface area contributed by atoms with Crippen LogP contribution < -0.4 is 0 Å². The molecule has 0 heterocycles. The van der Waals surface area contributed by atoms with Gasteiger partial charge in [-0.15, -0.1) is 6.58 Å². The third-order valence-electron chi connectivity index (χ3n) is 3.06. The minimum absolute atomic E-state index is 0.155. The highest BCUT2D eigenvalue weighted by Gasteiger charge is 2.47. The molecule has 5 heteroatoms. The van der Waals surface area contributed by atoms with E-state index in [-0.39, 0.29) is 12.8 Å². The molecule has 108 valence electrons. The zero-order chi connectivity index (χ0) is 15.2. The quantitative estimate of drug-likeness (QED) is 0.454. The Kier molecular flexibility index (Phi) is 5.95. The molecule has 4 nitrogen and oxygen atoms in total. The Labute approximate surface area is 126 Å². The summed E-state index contributed by atoms with van der Waals surface area (Å²) in [6, 6.07) is 7.38. The zero-order valence-electron chi connectivity index (χ0n) is 11.5. The number of ether oxygens (including phenoxy) is 2. The summed E-state index contributed by atoms with van der Waals surface area (Å²) in [5.41, 5.74) is -0.551. The van der Waals surface area contributed by atoms with Gasteiger partial charge in [-0.3, -0.25) is 9.59 Å². The van der Waals surface area contributed by atoms with Gasteiger partial charge in [0.25, 0.3) is 0 Å². The number of hydrogen-bond acceptors (Lipinski definition) is 4. The van der Waals surface area contributed by atoms with Gasteiger partial charge in [0.05, 0.1) is 14.2 Å². The highest BCUT2D eigenvalue weighted by molar-refractivity contribution is 9.10. The van der Waals surface area contributed by atoms with E-state index in [0.717, 1.165) is 10.0 Å². The molecule has 0 N–H and O–H groups in total. The fourth-order valence-electron chi connectivity index (χ4n) is 2.05. The molecular weight excluding hydrogens is 324 g/mol. The number of halogens is 1. The van der Waals surface area contributed by atoms with Crippen LogP contribution in [0.4, 0.5) is 0 Å². The van der Waals surface area contributed by atoms with E-state index < -0.39 is 17.4 Å². The van der Waals surface area contributed by atoms with Crippen LogP contribution in [0.2, 0.25) is 0 Å². The predicted octanol–water partition coefficient (Wildman–Crippen LogP) is 2.90. The van der Waals surface area contributed by atoms with E-state index in [1.54, 1.807) is 0 Å². The smallest absolute Gasteiger partial charge is 0.323 e. The van der Waals surface area contributed by atoms with Gasteiger partial charge in [0.15, 0.2) is 5.41 Å². The van der Waals surface area contributed by atoms with Crippen LogP contribution >= 0.6 is 15.9 Å². The van der Waals surface area contributed by atoms with Crippen molar-refractivity contribution in [2.75, 3.05) is 14.2 Å². The van der Waals surface area contributed by atoms with E-state index in [0.29, 0.717) is 0 Å². The lowest BCUT2D eigenvalue weighted by molar-refractivity contribution is -0.168. The second kappa shape index (κ2) is 7.24. The molecule has 0 aliphatic carbocycles. The number of benzene rings is 1. The summed E-state index contributed by atoms with van der Waals surface area (Å²) in [5.74, 6) is -1.24. The van der Waals surface area contributed by atoms with Crippen LogP contribution in [0.25, 0.3) is 0 Å². The number of allylic oxidation sites excluding steroid dienone is 1. The maximum atomic E-state index is 12.1. The molecule has 1 aromatic rings. The molecule has 0 aliphatic rings. The first kappa shape index (κ1) is 16.4. The van der Waals surface area contributed by atoms with Crippen molar-refractivity contribution < 1.29 is 19.1 Å². The number of carbonyl (C=O) groups is 2. The predicted molar refractivity (Wildman–Crippen MR) is 79.1 cm³/mol. The van der Waals surface area contributed by atoms with Crippen molar-refractivity contribution in [1.82, 2.24) is 0 Å². The standard InChI is InChI=1S/C15H17BrO4/c1-4-9-15(13(17)19-2,14(18)20-3)10-11-5-7-12(16)8-6-11/h4-8H,1,9-10H2,2-3H3. The van der Waals surface area contributed by atoms with Crippen molar-refractivity contribution in [3.8, 4) is 0 Å². The Bertz CT molecular complexity index is 477. The van der Waals surface area contributed by atoms with Gasteiger partial charge < -0.3 is 9.47 Å². The van der Waals surface area contributed by atoms with Crippen LogP contribution in [-0.2, 0) is 25.5 Å². The Hall–Kier alpha value is -1.62.